The van der Waals surface area contributed by atoms with Gasteiger partial charge in [0.05, 0.1) is 23.4 Å². The van der Waals surface area contributed by atoms with Crippen molar-refractivity contribution in [1.29, 1.82) is 5.26 Å². The average molecular weight is 467 g/mol. The van der Waals surface area contributed by atoms with E-state index in [-0.39, 0.29) is 5.75 Å². The molecule has 0 saturated heterocycles. The van der Waals surface area contributed by atoms with Gasteiger partial charge in [-0.1, -0.05) is 36.4 Å². The Balaban J connectivity index is 1.57. The Hall–Kier alpha value is -4.41. The van der Waals surface area contributed by atoms with Crippen LogP contribution in [0.5, 0.6) is 11.5 Å². The summed E-state index contributed by atoms with van der Waals surface area (Å²) in [6.07, 6.45) is 1.67. The predicted octanol–water partition coefficient (Wildman–Crippen LogP) is 6.24. The second-order valence-electron chi connectivity index (χ2n) is 7.51. The largest absolute Gasteiger partial charge is 0.504 e. The molecule has 1 N–H and O–H groups in total. The molecule has 0 saturated carbocycles. The molecule has 0 spiro atoms. The second kappa shape index (κ2) is 8.85. The van der Waals surface area contributed by atoms with Crippen molar-refractivity contribution in [3.05, 3.63) is 87.0 Å². The van der Waals surface area contributed by atoms with Gasteiger partial charge in [0.2, 0.25) is 0 Å². The highest BCUT2D eigenvalue weighted by Crippen LogP contribution is 2.32. The van der Waals surface area contributed by atoms with Gasteiger partial charge in [-0.2, -0.15) is 5.26 Å². The number of fused-ring (bicyclic) bond motifs is 3. The van der Waals surface area contributed by atoms with Crippen molar-refractivity contribution in [3.8, 4) is 28.8 Å². The average Bonchev–Trinajstić information content (AvgIpc) is 3.34. The highest BCUT2D eigenvalue weighted by Gasteiger charge is 2.15. The number of rotatable bonds is 5. The van der Waals surface area contributed by atoms with E-state index in [1.54, 1.807) is 35.7 Å². The van der Waals surface area contributed by atoms with Gasteiger partial charge < -0.3 is 14.3 Å². The number of aromatic nitrogens is 1. The summed E-state index contributed by atoms with van der Waals surface area (Å²) >= 11 is 1.27. The minimum atomic E-state index is -0.484. The molecule has 0 atom stereocenters. The molecule has 6 nitrogen and oxygen atoms in total. The summed E-state index contributed by atoms with van der Waals surface area (Å²) in [4.78, 5) is 17.3. The van der Waals surface area contributed by atoms with Gasteiger partial charge in [-0.25, -0.2) is 9.78 Å². The quantitative estimate of drug-likeness (QED) is 0.187. The molecule has 2 aromatic heterocycles. The molecule has 7 heteroatoms. The van der Waals surface area contributed by atoms with E-state index in [9.17, 15) is 15.2 Å². The van der Waals surface area contributed by atoms with E-state index in [2.05, 4.69) is 11.1 Å². The molecular weight excluding hydrogens is 448 g/mol. The van der Waals surface area contributed by atoms with Crippen LogP contribution in [-0.4, -0.2) is 16.7 Å². The molecule has 0 bridgehead atoms. The Labute approximate surface area is 198 Å². The standard InChI is InChI=1S/C27H18N2O4S/c1-2-32-25-12-16(7-9-23(25)30)11-18(14-28)26-29-22(15-34-26)21-13-20-19-6-4-3-5-17(19)8-10-24(20)33-27(21)31/h3-13,15,30H,2H2,1H3/b18-11+. The summed E-state index contributed by atoms with van der Waals surface area (Å²) in [5.74, 6) is 0.374. The zero-order valence-electron chi connectivity index (χ0n) is 18.1. The lowest BCUT2D eigenvalue weighted by Gasteiger charge is -2.06. The van der Waals surface area contributed by atoms with Gasteiger partial charge in [-0.3, -0.25) is 0 Å². The van der Waals surface area contributed by atoms with Crippen LogP contribution in [0.15, 0.2) is 75.3 Å². The third-order valence-corrected chi connectivity index (χ3v) is 6.24. The number of aromatic hydroxyl groups is 1. The summed E-state index contributed by atoms with van der Waals surface area (Å²) in [5, 5.41) is 24.7. The molecule has 166 valence electrons. The fourth-order valence-corrected chi connectivity index (χ4v) is 4.56. The van der Waals surface area contributed by atoms with Crippen LogP contribution in [0.1, 0.15) is 17.5 Å². The van der Waals surface area contributed by atoms with Crippen LogP contribution >= 0.6 is 11.3 Å². The number of phenolic OH excluding ortho intramolecular Hbond substituents is 1. The number of ether oxygens (including phenoxy) is 1. The van der Waals surface area contributed by atoms with Crippen molar-refractivity contribution in [1.82, 2.24) is 4.98 Å². The zero-order valence-corrected chi connectivity index (χ0v) is 18.9. The van der Waals surface area contributed by atoms with E-state index in [0.29, 0.717) is 45.3 Å². The molecule has 0 fully saturated rings. The number of thiazole rings is 1. The van der Waals surface area contributed by atoms with E-state index in [1.807, 2.05) is 37.3 Å². The normalized spacial score (nSPS) is 11.6. The van der Waals surface area contributed by atoms with Crippen molar-refractivity contribution in [2.45, 2.75) is 6.92 Å². The zero-order chi connectivity index (χ0) is 23.7. The highest BCUT2D eigenvalue weighted by molar-refractivity contribution is 7.11. The smallest absolute Gasteiger partial charge is 0.345 e. The van der Waals surface area contributed by atoms with E-state index in [1.165, 1.54) is 17.4 Å². The van der Waals surface area contributed by atoms with Gasteiger partial charge >= 0.3 is 5.63 Å². The van der Waals surface area contributed by atoms with Gasteiger partial charge in [0.25, 0.3) is 0 Å². The Morgan fingerprint density at radius 3 is 2.85 bits per heavy atom. The SMILES string of the molecule is CCOc1cc(/C=C(\C#N)c2nc(-c3cc4c(ccc5ccccc54)oc3=O)cs2)ccc1O. The Bertz CT molecular complexity index is 1670. The molecule has 3 aromatic carbocycles. The van der Waals surface area contributed by atoms with Crippen LogP contribution in [0, 0.1) is 11.3 Å². The topological polar surface area (TPSA) is 96.4 Å². The Morgan fingerprint density at radius 2 is 2.03 bits per heavy atom. The van der Waals surface area contributed by atoms with E-state index >= 15 is 0 Å². The number of benzene rings is 3. The fraction of sp³-hybridized carbons (Fsp3) is 0.0741. The second-order valence-corrected chi connectivity index (χ2v) is 8.37. The number of nitrogens with zero attached hydrogens (tertiary/aromatic N) is 2. The number of phenols is 1. The molecular formula is C27H18N2O4S. The van der Waals surface area contributed by atoms with Gasteiger partial charge in [0, 0.05) is 10.8 Å². The number of allylic oxidation sites excluding steroid dienone is 1. The van der Waals surface area contributed by atoms with Crippen LogP contribution in [0.4, 0.5) is 0 Å². The van der Waals surface area contributed by atoms with Crippen molar-refractivity contribution < 1.29 is 14.3 Å². The number of hydrogen-bond donors (Lipinski definition) is 1. The first-order chi connectivity index (χ1) is 16.6. The maximum Gasteiger partial charge on any atom is 0.345 e. The lowest BCUT2D eigenvalue weighted by Crippen LogP contribution is -2.03. The van der Waals surface area contributed by atoms with E-state index in [0.717, 1.165) is 16.2 Å². The van der Waals surface area contributed by atoms with Gasteiger partial charge in [-0.05, 0) is 53.6 Å². The fourth-order valence-electron chi connectivity index (χ4n) is 3.77. The molecule has 5 rings (SSSR count). The van der Waals surface area contributed by atoms with Crippen LogP contribution in [0.25, 0.3) is 44.6 Å². The number of nitriles is 1. The molecule has 0 aliphatic carbocycles. The monoisotopic (exact) mass is 466 g/mol. The first kappa shape index (κ1) is 21.4. The minimum Gasteiger partial charge on any atom is -0.504 e. The highest BCUT2D eigenvalue weighted by atomic mass is 32.1. The summed E-state index contributed by atoms with van der Waals surface area (Å²) in [7, 11) is 0. The lowest BCUT2D eigenvalue weighted by molar-refractivity contribution is 0.318. The Kier molecular flexibility index (Phi) is 5.58. The summed E-state index contributed by atoms with van der Waals surface area (Å²) in [5.41, 5.74) is 1.84. The van der Waals surface area contributed by atoms with Gasteiger partial charge in [-0.15, -0.1) is 11.3 Å². The van der Waals surface area contributed by atoms with Crippen LogP contribution in [-0.2, 0) is 0 Å². The van der Waals surface area contributed by atoms with Crippen LogP contribution in [0.2, 0.25) is 0 Å². The first-order valence-electron chi connectivity index (χ1n) is 10.6. The minimum absolute atomic E-state index is 0.0320. The van der Waals surface area contributed by atoms with Crippen molar-refractivity contribution in [2.24, 2.45) is 0 Å². The Morgan fingerprint density at radius 1 is 1.18 bits per heavy atom. The maximum absolute atomic E-state index is 12.7. The third-order valence-electron chi connectivity index (χ3n) is 5.37. The molecule has 0 aliphatic heterocycles. The molecule has 0 unspecified atom stereocenters. The van der Waals surface area contributed by atoms with E-state index < -0.39 is 5.63 Å². The summed E-state index contributed by atoms with van der Waals surface area (Å²) in [6, 6.07) is 20.4. The molecule has 0 aliphatic rings. The predicted molar refractivity (Wildman–Crippen MR) is 134 cm³/mol. The third kappa shape index (κ3) is 3.91. The van der Waals surface area contributed by atoms with Crippen molar-refractivity contribution in [3.63, 3.8) is 0 Å². The summed E-state index contributed by atoms with van der Waals surface area (Å²) in [6.45, 7) is 2.23. The van der Waals surface area contributed by atoms with Gasteiger partial charge in [0.1, 0.15) is 16.7 Å². The van der Waals surface area contributed by atoms with Crippen molar-refractivity contribution in [2.75, 3.05) is 6.61 Å². The lowest BCUT2D eigenvalue weighted by atomic mass is 10.0. The van der Waals surface area contributed by atoms with E-state index in [4.69, 9.17) is 9.15 Å². The number of hydrogen-bond acceptors (Lipinski definition) is 7. The van der Waals surface area contributed by atoms with Crippen LogP contribution in [0.3, 0.4) is 0 Å². The molecule has 34 heavy (non-hydrogen) atoms. The maximum atomic E-state index is 12.7. The molecule has 0 amide bonds. The van der Waals surface area contributed by atoms with Crippen LogP contribution < -0.4 is 10.4 Å². The molecule has 2 heterocycles. The van der Waals surface area contributed by atoms with Crippen molar-refractivity contribution >= 4 is 44.7 Å². The first-order valence-corrected chi connectivity index (χ1v) is 11.4. The molecule has 5 aromatic rings. The summed E-state index contributed by atoms with van der Waals surface area (Å²) < 4.78 is 11.0. The van der Waals surface area contributed by atoms with Gasteiger partial charge in [0.15, 0.2) is 11.5 Å². The molecule has 0 radical (unpaired) electrons.